The van der Waals surface area contributed by atoms with Crippen LogP contribution in [0.1, 0.15) is 27.7 Å². The molecule has 168 valence electrons. The van der Waals surface area contributed by atoms with Crippen LogP contribution in [0, 0.1) is 0 Å². The lowest BCUT2D eigenvalue weighted by atomic mass is 10.1. The van der Waals surface area contributed by atoms with E-state index in [1.807, 2.05) is 59.9 Å². The van der Waals surface area contributed by atoms with Crippen molar-refractivity contribution < 1.29 is 4.42 Å². The van der Waals surface area contributed by atoms with Gasteiger partial charge < -0.3 is 14.2 Å². The Morgan fingerprint density at radius 3 is 1.52 bits per heavy atom. The van der Waals surface area contributed by atoms with Crippen LogP contribution in [0.15, 0.2) is 55.4 Å². The summed E-state index contributed by atoms with van der Waals surface area (Å²) >= 11 is 3.63. The van der Waals surface area contributed by atoms with Crippen molar-refractivity contribution in [2.45, 2.75) is 37.5 Å². The van der Waals surface area contributed by atoms with Crippen LogP contribution in [-0.2, 0) is 0 Å². The molecule has 0 aliphatic carbocycles. The molecule has 0 spiro atoms. The topological polar surface area (TPSA) is 36.7 Å². The molecule has 0 aliphatic heterocycles. The molecule has 2 aromatic carbocycles. The van der Waals surface area contributed by atoms with Crippen LogP contribution >= 0.6 is 23.5 Å². The van der Waals surface area contributed by atoms with E-state index in [2.05, 4.69) is 37.5 Å². The Morgan fingerprint density at radius 2 is 1.13 bits per heavy atom. The molecule has 6 heteroatoms. The summed E-state index contributed by atoms with van der Waals surface area (Å²) in [5.41, 5.74) is 1.40. The van der Waals surface area contributed by atoms with Crippen LogP contribution in [-0.4, -0.2) is 60.6 Å². The van der Waals surface area contributed by atoms with Gasteiger partial charge in [-0.25, -0.2) is 0 Å². The summed E-state index contributed by atoms with van der Waals surface area (Å²) in [6.45, 7) is 15.2. The molecule has 0 bridgehead atoms. The van der Waals surface area contributed by atoms with E-state index in [1.165, 1.54) is 0 Å². The zero-order valence-electron chi connectivity index (χ0n) is 19.1. The zero-order valence-corrected chi connectivity index (χ0v) is 20.8. The fraction of sp³-hybridized carbons (Fsp3) is 0.480. The maximum Gasteiger partial charge on any atom is 0.200 e. The standard InChI is InChI=1S/C25H34N2O2S2/c1-5-26(6-2)13-15-30-19-9-11-21-23(17-19)29-24-18-20(10-12-22(24)25(21)28)31-16-14-27(7-3)8-4/h9-12,17-18H,5-8,13-16H2,1-4H3. The summed E-state index contributed by atoms with van der Waals surface area (Å²) in [7, 11) is 0. The van der Waals surface area contributed by atoms with Crippen LogP contribution in [0.4, 0.5) is 0 Å². The summed E-state index contributed by atoms with van der Waals surface area (Å²) in [6.07, 6.45) is 0. The number of hydrogen-bond acceptors (Lipinski definition) is 6. The van der Waals surface area contributed by atoms with E-state index in [0.29, 0.717) is 21.9 Å². The number of hydrogen-bond donors (Lipinski definition) is 0. The molecule has 0 fully saturated rings. The fourth-order valence-electron chi connectivity index (χ4n) is 3.66. The van der Waals surface area contributed by atoms with Crippen molar-refractivity contribution in [3.63, 3.8) is 0 Å². The third-order valence-corrected chi connectivity index (χ3v) is 7.70. The normalized spacial score (nSPS) is 11.9. The predicted octanol–water partition coefficient (Wildman–Crippen LogP) is 5.81. The van der Waals surface area contributed by atoms with E-state index in [0.717, 1.165) is 60.6 Å². The molecule has 1 heterocycles. The molecule has 4 nitrogen and oxygen atoms in total. The highest BCUT2D eigenvalue weighted by Crippen LogP contribution is 2.27. The lowest BCUT2D eigenvalue weighted by molar-refractivity contribution is 0.324. The van der Waals surface area contributed by atoms with Crippen LogP contribution in [0.2, 0.25) is 0 Å². The molecule has 3 rings (SSSR count). The van der Waals surface area contributed by atoms with E-state index < -0.39 is 0 Å². The van der Waals surface area contributed by atoms with Gasteiger partial charge >= 0.3 is 0 Å². The van der Waals surface area contributed by atoms with Crippen molar-refractivity contribution in [1.82, 2.24) is 9.80 Å². The monoisotopic (exact) mass is 458 g/mol. The third kappa shape index (κ3) is 6.28. The van der Waals surface area contributed by atoms with E-state index in [1.54, 1.807) is 0 Å². The number of rotatable bonds is 12. The maximum atomic E-state index is 13.0. The largest absolute Gasteiger partial charge is 0.456 e. The van der Waals surface area contributed by atoms with E-state index in [4.69, 9.17) is 4.42 Å². The molecule has 0 radical (unpaired) electrons. The molecule has 0 saturated heterocycles. The second kappa shape index (κ2) is 12.0. The Kier molecular flexibility index (Phi) is 9.32. The van der Waals surface area contributed by atoms with E-state index in [9.17, 15) is 4.79 Å². The molecule has 0 N–H and O–H groups in total. The van der Waals surface area contributed by atoms with Crippen LogP contribution in [0.3, 0.4) is 0 Å². The first kappa shape index (κ1) is 24.2. The molecule has 3 aromatic rings. The average molecular weight is 459 g/mol. The van der Waals surface area contributed by atoms with Gasteiger partial charge in [0.1, 0.15) is 11.2 Å². The van der Waals surface area contributed by atoms with Gasteiger partial charge in [-0.3, -0.25) is 4.79 Å². The molecular weight excluding hydrogens is 424 g/mol. The predicted molar refractivity (Wildman–Crippen MR) is 137 cm³/mol. The van der Waals surface area contributed by atoms with Gasteiger partial charge in [0.25, 0.3) is 0 Å². The highest BCUT2D eigenvalue weighted by Gasteiger charge is 2.10. The number of nitrogens with zero attached hydrogens (tertiary/aromatic N) is 2. The van der Waals surface area contributed by atoms with Gasteiger partial charge in [-0.2, -0.15) is 0 Å². The molecule has 31 heavy (non-hydrogen) atoms. The Balaban J connectivity index is 1.78. The van der Waals surface area contributed by atoms with Gasteiger partial charge in [0.05, 0.1) is 10.8 Å². The van der Waals surface area contributed by atoms with E-state index >= 15 is 0 Å². The number of fused-ring (bicyclic) bond motifs is 2. The highest BCUT2D eigenvalue weighted by atomic mass is 32.2. The zero-order chi connectivity index (χ0) is 22.2. The molecule has 0 amide bonds. The lowest BCUT2D eigenvalue weighted by Gasteiger charge is -2.17. The van der Waals surface area contributed by atoms with Gasteiger partial charge in [0.15, 0.2) is 0 Å². The minimum Gasteiger partial charge on any atom is -0.456 e. The summed E-state index contributed by atoms with van der Waals surface area (Å²) in [5.74, 6) is 2.05. The summed E-state index contributed by atoms with van der Waals surface area (Å²) in [5, 5.41) is 1.31. The Morgan fingerprint density at radius 1 is 0.710 bits per heavy atom. The smallest absolute Gasteiger partial charge is 0.200 e. The lowest BCUT2D eigenvalue weighted by Crippen LogP contribution is -2.25. The van der Waals surface area contributed by atoms with Gasteiger partial charge in [0, 0.05) is 34.4 Å². The average Bonchev–Trinajstić information content (AvgIpc) is 2.79. The minimum absolute atomic E-state index is 0.0515. The van der Waals surface area contributed by atoms with Crippen molar-refractivity contribution in [3.8, 4) is 0 Å². The van der Waals surface area contributed by atoms with Crippen molar-refractivity contribution in [1.29, 1.82) is 0 Å². The number of benzene rings is 2. The fourth-order valence-corrected chi connectivity index (χ4v) is 5.54. The third-order valence-electron chi connectivity index (χ3n) is 5.76. The Bertz CT molecular complexity index is 964. The summed E-state index contributed by atoms with van der Waals surface area (Å²) < 4.78 is 6.20. The first-order valence-electron chi connectivity index (χ1n) is 11.3. The van der Waals surface area contributed by atoms with Gasteiger partial charge in [0.2, 0.25) is 5.43 Å². The SMILES string of the molecule is CCN(CC)CCSc1ccc2c(=O)c3ccc(SCCN(CC)CC)cc3oc2c1. The quantitative estimate of drug-likeness (QED) is 0.252. The first-order valence-corrected chi connectivity index (χ1v) is 13.3. The molecule has 0 atom stereocenters. The highest BCUT2D eigenvalue weighted by molar-refractivity contribution is 7.99. The van der Waals surface area contributed by atoms with Crippen LogP contribution in [0.25, 0.3) is 21.9 Å². The van der Waals surface area contributed by atoms with Crippen molar-refractivity contribution >= 4 is 45.5 Å². The van der Waals surface area contributed by atoms with Crippen LogP contribution < -0.4 is 5.43 Å². The van der Waals surface area contributed by atoms with Crippen LogP contribution in [0.5, 0.6) is 0 Å². The molecule has 0 unspecified atom stereocenters. The number of thioether (sulfide) groups is 2. The van der Waals surface area contributed by atoms with Crippen molar-refractivity contribution in [2.75, 3.05) is 50.8 Å². The van der Waals surface area contributed by atoms with Crippen molar-refractivity contribution in [3.05, 3.63) is 46.6 Å². The first-order chi connectivity index (χ1) is 15.1. The van der Waals surface area contributed by atoms with Gasteiger partial charge in [-0.15, -0.1) is 23.5 Å². The van der Waals surface area contributed by atoms with Gasteiger partial charge in [-0.1, -0.05) is 27.7 Å². The Hall–Kier alpha value is -1.47. The minimum atomic E-state index is 0.0515. The van der Waals surface area contributed by atoms with Crippen molar-refractivity contribution in [2.24, 2.45) is 0 Å². The second-order valence-electron chi connectivity index (χ2n) is 7.50. The molecule has 1 aromatic heterocycles. The second-order valence-corrected chi connectivity index (χ2v) is 9.83. The molecular formula is C25H34N2O2S2. The summed E-state index contributed by atoms with van der Waals surface area (Å²) in [4.78, 5) is 20.1. The van der Waals surface area contributed by atoms with E-state index in [-0.39, 0.29) is 5.43 Å². The summed E-state index contributed by atoms with van der Waals surface area (Å²) in [6, 6.07) is 11.9. The van der Waals surface area contributed by atoms with Gasteiger partial charge in [-0.05, 0) is 62.6 Å². The molecule has 0 aliphatic rings. The molecule has 0 saturated carbocycles. The maximum absolute atomic E-state index is 13.0. The Labute approximate surface area is 194 Å².